The molecule has 0 aliphatic heterocycles. The average Bonchev–Trinajstić information content (AvgIpc) is 3.33. The van der Waals surface area contributed by atoms with Gasteiger partial charge in [0.2, 0.25) is 0 Å². The molecule has 29 heavy (non-hydrogen) atoms. The van der Waals surface area contributed by atoms with Crippen LogP contribution in [0.2, 0.25) is 0 Å². The van der Waals surface area contributed by atoms with E-state index in [-0.39, 0.29) is 16.5 Å². The van der Waals surface area contributed by atoms with Gasteiger partial charge < -0.3 is 4.57 Å². The molecule has 0 fully saturated rings. The van der Waals surface area contributed by atoms with Crippen molar-refractivity contribution in [3.05, 3.63) is 66.5 Å². The van der Waals surface area contributed by atoms with Gasteiger partial charge in [0.15, 0.2) is 11.3 Å². The molecule has 5 aromatic rings. The van der Waals surface area contributed by atoms with Crippen LogP contribution in [0.4, 0.5) is 8.78 Å². The second-order valence-electron chi connectivity index (χ2n) is 6.79. The molecule has 4 heterocycles. The molecule has 0 radical (unpaired) electrons. The lowest BCUT2D eigenvalue weighted by Gasteiger charge is -2.17. The van der Waals surface area contributed by atoms with Crippen LogP contribution in [-0.2, 0) is 7.05 Å². The fraction of sp³-hybridized carbons (Fsp3) is 0.150. The molecule has 0 saturated carbocycles. The van der Waals surface area contributed by atoms with Crippen molar-refractivity contribution in [2.24, 2.45) is 7.05 Å². The van der Waals surface area contributed by atoms with Crippen molar-refractivity contribution in [2.45, 2.75) is 13.0 Å². The van der Waals surface area contributed by atoms with Crippen LogP contribution in [0.1, 0.15) is 18.5 Å². The second kappa shape index (κ2) is 6.40. The highest BCUT2D eigenvalue weighted by atomic mass is 19.1. The number of nitrogens with zero attached hydrogens (tertiary/aromatic N) is 7. The van der Waals surface area contributed by atoms with Crippen molar-refractivity contribution >= 4 is 22.2 Å². The Morgan fingerprint density at radius 2 is 1.97 bits per heavy atom. The van der Waals surface area contributed by atoms with Crippen molar-refractivity contribution in [3.63, 3.8) is 0 Å². The Labute approximate surface area is 163 Å². The molecule has 0 aliphatic rings. The number of hydrogen-bond donors (Lipinski definition) is 0. The van der Waals surface area contributed by atoms with E-state index in [0.717, 1.165) is 5.56 Å². The van der Waals surface area contributed by atoms with Crippen molar-refractivity contribution in [3.8, 4) is 11.3 Å². The minimum absolute atomic E-state index is 0.0709. The average molecular weight is 391 g/mol. The Kier molecular flexibility index (Phi) is 3.83. The molecule has 0 spiro atoms. The van der Waals surface area contributed by atoms with Gasteiger partial charge in [-0.2, -0.15) is 5.10 Å². The van der Waals surface area contributed by atoms with E-state index in [0.29, 0.717) is 17.0 Å². The van der Waals surface area contributed by atoms with Gasteiger partial charge in [-0.15, -0.1) is 0 Å². The SMILES string of the molecule is CC(c1c(F)cc2ncccc2c1F)n1cnc2ncc(-c3cnn(C)c3)nc21. The van der Waals surface area contributed by atoms with Crippen molar-refractivity contribution in [1.29, 1.82) is 0 Å². The van der Waals surface area contributed by atoms with Crippen molar-refractivity contribution < 1.29 is 8.78 Å². The molecule has 9 heteroatoms. The van der Waals surface area contributed by atoms with Gasteiger partial charge in [0, 0.05) is 42.0 Å². The number of aryl methyl sites for hydroxylation is 1. The molecule has 1 atom stereocenters. The third-order valence-corrected chi connectivity index (χ3v) is 4.95. The molecule has 1 unspecified atom stereocenters. The van der Waals surface area contributed by atoms with E-state index in [1.165, 1.54) is 18.6 Å². The summed E-state index contributed by atoms with van der Waals surface area (Å²) in [4.78, 5) is 17.2. The van der Waals surface area contributed by atoms with Gasteiger partial charge in [-0.25, -0.2) is 23.7 Å². The highest BCUT2D eigenvalue weighted by Crippen LogP contribution is 2.31. The lowest BCUT2D eigenvalue weighted by atomic mass is 10.0. The summed E-state index contributed by atoms with van der Waals surface area (Å²) in [6.07, 6.45) is 8.09. The molecular weight excluding hydrogens is 376 g/mol. The Hall–Kier alpha value is -3.75. The first-order valence-electron chi connectivity index (χ1n) is 8.94. The predicted molar refractivity (Wildman–Crippen MR) is 103 cm³/mol. The summed E-state index contributed by atoms with van der Waals surface area (Å²) in [5.74, 6) is -1.31. The Morgan fingerprint density at radius 1 is 1.10 bits per heavy atom. The van der Waals surface area contributed by atoms with E-state index >= 15 is 4.39 Å². The molecule has 4 aromatic heterocycles. The second-order valence-corrected chi connectivity index (χ2v) is 6.79. The summed E-state index contributed by atoms with van der Waals surface area (Å²) in [6, 6.07) is 3.76. The molecule has 0 amide bonds. The number of rotatable bonds is 3. The zero-order valence-electron chi connectivity index (χ0n) is 15.6. The summed E-state index contributed by atoms with van der Waals surface area (Å²) >= 11 is 0. The normalized spacial score (nSPS) is 12.7. The van der Waals surface area contributed by atoms with Gasteiger partial charge in [0.25, 0.3) is 0 Å². The zero-order chi connectivity index (χ0) is 20.1. The van der Waals surface area contributed by atoms with Crippen LogP contribution in [0.3, 0.4) is 0 Å². The Morgan fingerprint density at radius 3 is 2.76 bits per heavy atom. The maximum Gasteiger partial charge on any atom is 0.197 e. The first kappa shape index (κ1) is 17.4. The zero-order valence-corrected chi connectivity index (χ0v) is 15.6. The van der Waals surface area contributed by atoms with Gasteiger partial charge in [0.1, 0.15) is 11.6 Å². The van der Waals surface area contributed by atoms with Crippen LogP contribution in [0, 0.1) is 11.6 Å². The Balaban J connectivity index is 1.67. The van der Waals surface area contributed by atoms with Crippen LogP contribution in [-0.4, -0.2) is 34.3 Å². The van der Waals surface area contributed by atoms with Crippen LogP contribution in [0.15, 0.2) is 49.3 Å². The highest BCUT2D eigenvalue weighted by Gasteiger charge is 2.23. The molecule has 1 aromatic carbocycles. The fourth-order valence-corrected chi connectivity index (χ4v) is 3.47. The van der Waals surface area contributed by atoms with Gasteiger partial charge in [-0.3, -0.25) is 9.67 Å². The smallest absolute Gasteiger partial charge is 0.197 e. The number of benzene rings is 1. The monoisotopic (exact) mass is 391 g/mol. The van der Waals surface area contributed by atoms with Gasteiger partial charge in [-0.1, -0.05) is 0 Å². The molecule has 5 rings (SSSR count). The van der Waals surface area contributed by atoms with Crippen LogP contribution >= 0.6 is 0 Å². The van der Waals surface area contributed by atoms with Crippen molar-refractivity contribution in [1.82, 2.24) is 34.3 Å². The summed E-state index contributed by atoms with van der Waals surface area (Å²) < 4.78 is 33.2. The number of pyridine rings is 1. The quantitative estimate of drug-likeness (QED) is 0.469. The molecule has 0 aliphatic carbocycles. The minimum Gasteiger partial charge on any atom is -0.306 e. The van der Waals surface area contributed by atoms with Gasteiger partial charge in [0.05, 0.1) is 36.0 Å². The first-order chi connectivity index (χ1) is 14.0. The molecular formula is C20H15F2N7. The minimum atomic E-state index is -0.692. The number of imidazole rings is 1. The number of aromatic nitrogens is 7. The molecule has 0 N–H and O–H groups in total. The highest BCUT2D eigenvalue weighted by molar-refractivity contribution is 5.80. The van der Waals surface area contributed by atoms with E-state index in [1.54, 1.807) is 40.7 Å². The Bertz CT molecular complexity index is 1370. The molecule has 144 valence electrons. The number of halogens is 2. The lowest BCUT2D eigenvalue weighted by Crippen LogP contribution is -2.11. The molecule has 0 saturated heterocycles. The van der Waals surface area contributed by atoms with Crippen LogP contribution in [0.5, 0.6) is 0 Å². The lowest BCUT2D eigenvalue weighted by molar-refractivity contribution is 0.517. The van der Waals surface area contributed by atoms with Crippen LogP contribution < -0.4 is 0 Å². The third kappa shape index (κ3) is 2.74. The van der Waals surface area contributed by atoms with E-state index in [9.17, 15) is 4.39 Å². The summed E-state index contributed by atoms with van der Waals surface area (Å²) in [6.45, 7) is 1.70. The molecule has 0 bridgehead atoms. The summed E-state index contributed by atoms with van der Waals surface area (Å²) in [5, 5.41) is 4.41. The van der Waals surface area contributed by atoms with Gasteiger partial charge >= 0.3 is 0 Å². The fourth-order valence-electron chi connectivity index (χ4n) is 3.47. The standard InChI is InChI=1S/C20H15F2N7/c1-11(17-14(21)6-15-13(18(17)22)4-3-5-23-15)29-10-25-19-20(29)27-16(8-24-19)12-7-26-28(2)9-12/h3-11H,1-2H3. The predicted octanol–water partition coefficient (Wildman–Crippen LogP) is 3.66. The van der Waals surface area contributed by atoms with E-state index in [1.807, 2.05) is 13.2 Å². The topological polar surface area (TPSA) is 74.3 Å². The maximum absolute atomic E-state index is 15.2. The van der Waals surface area contributed by atoms with Crippen LogP contribution in [0.25, 0.3) is 33.5 Å². The summed E-state index contributed by atoms with van der Waals surface area (Å²) in [5.41, 5.74) is 2.42. The van der Waals surface area contributed by atoms with Gasteiger partial charge in [-0.05, 0) is 19.1 Å². The van der Waals surface area contributed by atoms with E-state index in [2.05, 4.69) is 25.0 Å². The van der Waals surface area contributed by atoms with Crippen molar-refractivity contribution in [2.75, 3.05) is 0 Å². The molecule has 7 nitrogen and oxygen atoms in total. The number of hydrogen-bond acceptors (Lipinski definition) is 5. The van der Waals surface area contributed by atoms with E-state index in [4.69, 9.17) is 0 Å². The summed E-state index contributed by atoms with van der Waals surface area (Å²) in [7, 11) is 1.81. The maximum atomic E-state index is 15.2. The van der Waals surface area contributed by atoms with E-state index < -0.39 is 17.7 Å². The third-order valence-electron chi connectivity index (χ3n) is 4.95. The first-order valence-corrected chi connectivity index (χ1v) is 8.94. The largest absolute Gasteiger partial charge is 0.306 e. The number of fused-ring (bicyclic) bond motifs is 2.